The molecule has 0 amide bonds. The maximum Gasteiger partial charge on any atom is 0.435 e. The van der Waals surface area contributed by atoms with Crippen LogP contribution in [0.15, 0.2) is 48.7 Å². The van der Waals surface area contributed by atoms with Crippen molar-refractivity contribution in [3.05, 3.63) is 65.5 Å². The van der Waals surface area contributed by atoms with Crippen molar-refractivity contribution in [3.8, 4) is 0 Å². The molecule has 9 heteroatoms. The molecule has 9 nitrogen and oxygen atoms in total. The zero-order chi connectivity index (χ0) is 23.0. The number of hydrogen-bond acceptors (Lipinski definition) is 8. The van der Waals surface area contributed by atoms with Crippen LogP contribution in [0.25, 0.3) is 16.6 Å². The normalized spacial score (nSPS) is 13.7. The number of rotatable bonds is 3. The van der Waals surface area contributed by atoms with Crippen LogP contribution in [0.4, 0.5) is 10.5 Å². The molecule has 166 valence electrons. The van der Waals surface area contributed by atoms with Crippen molar-refractivity contribution in [2.75, 3.05) is 12.1 Å². The maximum atomic E-state index is 12.8. The first-order valence-corrected chi connectivity index (χ1v) is 10.1. The molecule has 4 rings (SSSR count). The van der Waals surface area contributed by atoms with Crippen molar-refractivity contribution < 1.29 is 19.1 Å². The minimum atomic E-state index is -0.639. The number of methoxy groups -OCH3 is 1. The van der Waals surface area contributed by atoms with Gasteiger partial charge in [0.15, 0.2) is 0 Å². The molecule has 1 aliphatic heterocycles. The maximum absolute atomic E-state index is 12.8. The van der Waals surface area contributed by atoms with Gasteiger partial charge in [0.2, 0.25) is 0 Å². The number of hydrogen-bond donors (Lipinski definition) is 2. The third-order valence-corrected chi connectivity index (χ3v) is 4.79. The van der Waals surface area contributed by atoms with E-state index in [1.165, 1.54) is 11.8 Å². The van der Waals surface area contributed by atoms with Crippen LogP contribution in [0, 0.1) is 6.92 Å². The Morgan fingerprint density at radius 1 is 1.06 bits per heavy atom. The molecule has 3 aromatic rings. The van der Waals surface area contributed by atoms with Crippen molar-refractivity contribution in [3.63, 3.8) is 0 Å². The number of esters is 1. The summed E-state index contributed by atoms with van der Waals surface area (Å²) in [7, 11) is 1.35. The van der Waals surface area contributed by atoms with Crippen LogP contribution < -0.4 is 16.0 Å². The number of benzene rings is 2. The summed E-state index contributed by atoms with van der Waals surface area (Å²) >= 11 is 0. The summed E-state index contributed by atoms with van der Waals surface area (Å²) in [4.78, 5) is 24.4. The first-order chi connectivity index (χ1) is 15.2. The zero-order valence-electron chi connectivity index (χ0n) is 18.6. The number of carbonyl (C=O) groups excluding carboxylic acids is 2. The van der Waals surface area contributed by atoms with Gasteiger partial charge in [0.25, 0.3) is 0 Å². The second kappa shape index (κ2) is 8.01. The lowest BCUT2D eigenvalue weighted by Gasteiger charge is -2.19. The lowest BCUT2D eigenvalue weighted by atomic mass is 10.1. The summed E-state index contributed by atoms with van der Waals surface area (Å²) in [5, 5.41) is 7.13. The first kappa shape index (κ1) is 21.4. The Morgan fingerprint density at radius 2 is 1.78 bits per heavy atom. The summed E-state index contributed by atoms with van der Waals surface area (Å²) in [5.41, 5.74) is 9.76. The molecule has 1 aliphatic rings. The smallest absolute Gasteiger partial charge is 0.435 e. The van der Waals surface area contributed by atoms with Crippen molar-refractivity contribution in [2.45, 2.75) is 33.3 Å². The van der Waals surface area contributed by atoms with Gasteiger partial charge in [-0.25, -0.2) is 9.59 Å². The minimum absolute atomic E-state index is 0.394. The van der Waals surface area contributed by atoms with Gasteiger partial charge in [0.1, 0.15) is 11.3 Å². The highest BCUT2D eigenvalue weighted by molar-refractivity contribution is 5.96. The largest absolute Gasteiger partial charge is 0.465 e. The van der Waals surface area contributed by atoms with Gasteiger partial charge in [0, 0.05) is 5.39 Å². The molecule has 0 aliphatic carbocycles. The van der Waals surface area contributed by atoms with Gasteiger partial charge in [-0.3, -0.25) is 10.4 Å². The average molecular weight is 435 g/mol. The Morgan fingerprint density at radius 3 is 2.44 bits per heavy atom. The van der Waals surface area contributed by atoms with Gasteiger partial charge in [-0.1, -0.05) is 11.6 Å². The quantitative estimate of drug-likeness (QED) is 0.601. The highest BCUT2D eigenvalue weighted by Gasteiger charge is 2.25. The molecule has 0 spiro atoms. The summed E-state index contributed by atoms with van der Waals surface area (Å²) in [5.74, 6) is -0.394. The fourth-order valence-electron chi connectivity index (χ4n) is 3.32. The van der Waals surface area contributed by atoms with E-state index in [9.17, 15) is 9.59 Å². The zero-order valence-corrected chi connectivity index (χ0v) is 18.6. The first-order valence-electron chi connectivity index (χ1n) is 10.1. The van der Waals surface area contributed by atoms with Crippen LogP contribution in [0.1, 0.15) is 42.4 Å². The number of ether oxygens (including phenoxy) is 2. The molecule has 1 aromatic heterocycles. The molecule has 2 N–H and O–H groups in total. The summed E-state index contributed by atoms with van der Waals surface area (Å²) in [6.45, 7) is 7.43. The lowest BCUT2D eigenvalue weighted by molar-refractivity contribution is 0.0521. The van der Waals surface area contributed by atoms with Gasteiger partial charge in [-0.2, -0.15) is 9.78 Å². The molecule has 0 bridgehead atoms. The molecule has 32 heavy (non-hydrogen) atoms. The van der Waals surface area contributed by atoms with Gasteiger partial charge < -0.3 is 9.47 Å². The summed E-state index contributed by atoms with van der Waals surface area (Å²) in [6, 6.07) is 12.7. The van der Waals surface area contributed by atoms with E-state index in [0.717, 1.165) is 16.6 Å². The number of aromatic nitrogens is 2. The second-order valence-corrected chi connectivity index (χ2v) is 8.45. The van der Waals surface area contributed by atoms with E-state index in [2.05, 4.69) is 16.1 Å². The van der Waals surface area contributed by atoms with Crippen LogP contribution in [-0.4, -0.2) is 34.6 Å². The van der Waals surface area contributed by atoms with Gasteiger partial charge in [0.05, 0.1) is 35.8 Å². The number of hydrazine groups is 2. The Bertz CT molecular complexity index is 1220. The molecular weight excluding hydrogens is 410 g/mol. The number of anilines is 1. The Hall–Kier alpha value is -3.85. The molecule has 0 unspecified atom stereocenters. The van der Waals surface area contributed by atoms with Crippen LogP contribution in [-0.2, 0) is 9.47 Å². The molecule has 0 saturated carbocycles. The average Bonchev–Trinajstić information content (AvgIpc) is 3.36. The van der Waals surface area contributed by atoms with E-state index in [1.807, 2.05) is 52.1 Å². The highest BCUT2D eigenvalue weighted by atomic mass is 16.6. The SMILES string of the molecule is COC(=O)c1ccc(N2C=C(c3nn(C(=O)OC(C)(C)C)c4ccc(C)cc34)NN2)cc1. The molecule has 0 saturated heterocycles. The summed E-state index contributed by atoms with van der Waals surface area (Å²) in [6.07, 6.45) is 1.29. The van der Waals surface area contributed by atoms with Crippen LogP contribution in [0.3, 0.4) is 0 Å². The molecule has 0 fully saturated rings. The lowest BCUT2D eigenvalue weighted by Crippen LogP contribution is -2.36. The minimum Gasteiger partial charge on any atom is -0.465 e. The van der Waals surface area contributed by atoms with Gasteiger partial charge in [-0.05, 0) is 64.1 Å². The van der Waals surface area contributed by atoms with E-state index in [-0.39, 0.29) is 0 Å². The van der Waals surface area contributed by atoms with Crippen molar-refractivity contribution in [2.24, 2.45) is 0 Å². The van der Waals surface area contributed by atoms with Gasteiger partial charge >= 0.3 is 12.1 Å². The number of nitrogens with zero attached hydrogens (tertiary/aromatic N) is 3. The standard InChI is InChI=1S/C23H25N5O4/c1-14-6-11-19-17(12-14)20(25-28(19)22(30)32-23(2,3)4)18-13-27(26-24-18)16-9-7-15(8-10-16)21(29)31-5/h6-13,24,26H,1-5H3. The Balaban J connectivity index is 1.69. The molecule has 2 aromatic carbocycles. The van der Waals surface area contributed by atoms with E-state index < -0.39 is 17.7 Å². The molecule has 2 heterocycles. The number of carbonyl (C=O) groups is 2. The van der Waals surface area contributed by atoms with Crippen molar-refractivity contribution >= 4 is 34.3 Å². The van der Waals surface area contributed by atoms with E-state index in [4.69, 9.17) is 9.47 Å². The Kier molecular flexibility index (Phi) is 5.35. The third-order valence-electron chi connectivity index (χ3n) is 4.79. The fraction of sp³-hybridized carbons (Fsp3) is 0.261. The van der Waals surface area contributed by atoms with E-state index in [0.29, 0.717) is 22.5 Å². The molecule has 0 atom stereocenters. The van der Waals surface area contributed by atoms with Crippen molar-refractivity contribution in [1.82, 2.24) is 20.7 Å². The number of nitrogens with one attached hydrogen (secondary N) is 2. The molecular formula is C23H25N5O4. The molecule has 0 radical (unpaired) electrons. The fourth-order valence-corrected chi connectivity index (χ4v) is 3.32. The number of aryl methyl sites for hydroxylation is 1. The predicted molar refractivity (Wildman–Crippen MR) is 121 cm³/mol. The Labute approximate surface area is 185 Å². The predicted octanol–water partition coefficient (Wildman–Crippen LogP) is 3.74. The number of fused-ring (bicyclic) bond motifs is 1. The van der Waals surface area contributed by atoms with Crippen LogP contribution in [0.5, 0.6) is 0 Å². The second-order valence-electron chi connectivity index (χ2n) is 8.45. The summed E-state index contributed by atoms with van der Waals surface area (Å²) < 4.78 is 11.5. The highest BCUT2D eigenvalue weighted by Crippen LogP contribution is 2.28. The third kappa shape index (κ3) is 4.15. The van der Waals surface area contributed by atoms with E-state index in [1.54, 1.807) is 29.3 Å². The van der Waals surface area contributed by atoms with Crippen LogP contribution >= 0.6 is 0 Å². The van der Waals surface area contributed by atoms with Gasteiger partial charge in [-0.15, -0.1) is 5.53 Å². The topological polar surface area (TPSA) is 97.7 Å². The van der Waals surface area contributed by atoms with E-state index >= 15 is 0 Å². The monoisotopic (exact) mass is 435 g/mol. The van der Waals surface area contributed by atoms with Crippen molar-refractivity contribution in [1.29, 1.82) is 0 Å². The van der Waals surface area contributed by atoms with Crippen LogP contribution in [0.2, 0.25) is 0 Å².